The topological polar surface area (TPSA) is 32.3 Å². The monoisotopic (exact) mass is 205 g/mol. The summed E-state index contributed by atoms with van der Waals surface area (Å²) in [5.41, 5.74) is 2.28. The van der Waals surface area contributed by atoms with Crippen LogP contribution in [0, 0.1) is 12.8 Å². The van der Waals surface area contributed by atoms with Crippen LogP contribution in [-0.2, 0) is 0 Å². The molecule has 0 aromatic heterocycles. The predicted molar refractivity (Wildman–Crippen MR) is 61.7 cm³/mol. The summed E-state index contributed by atoms with van der Waals surface area (Å²) in [6.07, 6.45) is 1.79. The lowest BCUT2D eigenvalue weighted by atomic mass is 9.94. The summed E-state index contributed by atoms with van der Waals surface area (Å²) in [7, 11) is 0. The van der Waals surface area contributed by atoms with Gasteiger partial charge in [-0.2, -0.15) is 0 Å². The van der Waals surface area contributed by atoms with Crippen molar-refractivity contribution < 1.29 is 5.11 Å². The number of nitrogens with one attached hydrogen (secondary N) is 1. The fourth-order valence-corrected chi connectivity index (χ4v) is 2.32. The minimum atomic E-state index is -0.295. The molecule has 1 aromatic carbocycles. The number of aryl methyl sites for hydroxylation is 1. The maximum atomic E-state index is 10.1. The fourth-order valence-electron chi connectivity index (χ4n) is 2.32. The third-order valence-electron chi connectivity index (χ3n) is 3.27. The second-order valence-corrected chi connectivity index (χ2v) is 4.47. The first-order valence-electron chi connectivity index (χ1n) is 5.71. The first kappa shape index (κ1) is 10.7. The summed E-state index contributed by atoms with van der Waals surface area (Å²) >= 11 is 0. The van der Waals surface area contributed by atoms with E-state index in [1.54, 1.807) is 0 Å². The van der Waals surface area contributed by atoms with E-state index in [1.165, 1.54) is 12.0 Å². The molecule has 1 aromatic rings. The lowest BCUT2D eigenvalue weighted by Crippen LogP contribution is -2.12. The molecule has 82 valence electrons. The Morgan fingerprint density at radius 1 is 1.47 bits per heavy atom. The van der Waals surface area contributed by atoms with Gasteiger partial charge in [0.2, 0.25) is 0 Å². The van der Waals surface area contributed by atoms with Gasteiger partial charge >= 0.3 is 0 Å². The molecule has 2 heteroatoms. The van der Waals surface area contributed by atoms with E-state index in [9.17, 15) is 5.11 Å². The van der Waals surface area contributed by atoms with E-state index in [2.05, 4.69) is 18.3 Å². The van der Waals surface area contributed by atoms with Crippen LogP contribution in [0.25, 0.3) is 0 Å². The van der Waals surface area contributed by atoms with Crippen LogP contribution in [0.5, 0.6) is 0 Å². The third kappa shape index (κ3) is 2.58. The summed E-state index contributed by atoms with van der Waals surface area (Å²) in [5.74, 6) is 0.639. The van der Waals surface area contributed by atoms with E-state index in [-0.39, 0.29) is 6.10 Å². The molecule has 2 rings (SSSR count). The van der Waals surface area contributed by atoms with Crippen LogP contribution in [0.2, 0.25) is 0 Å². The third-order valence-corrected chi connectivity index (χ3v) is 3.27. The maximum Gasteiger partial charge on any atom is 0.0795 e. The number of benzene rings is 1. The van der Waals surface area contributed by atoms with Crippen LogP contribution in [0.4, 0.5) is 0 Å². The first-order valence-corrected chi connectivity index (χ1v) is 5.71. The van der Waals surface area contributed by atoms with Crippen LogP contribution >= 0.6 is 0 Å². The Balaban J connectivity index is 2.00. The first-order chi connectivity index (χ1) is 7.27. The number of hydrogen-bond donors (Lipinski definition) is 2. The van der Waals surface area contributed by atoms with Crippen LogP contribution in [-0.4, -0.2) is 18.2 Å². The Labute approximate surface area is 91.3 Å². The molecule has 2 N–H and O–H groups in total. The highest BCUT2D eigenvalue weighted by molar-refractivity contribution is 5.27. The molecule has 0 amide bonds. The van der Waals surface area contributed by atoms with Crippen LogP contribution in [0.3, 0.4) is 0 Å². The Hall–Kier alpha value is -0.860. The van der Waals surface area contributed by atoms with Gasteiger partial charge in [-0.05, 0) is 49.9 Å². The van der Waals surface area contributed by atoms with E-state index in [0.29, 0.717) is 5.92 Å². The minimum Gasteiger partial charge on any atom is -0.388 e. The molecule has 2 unspecified atom stereocenters. The fraction of sp³-hybridized carbons (Fsp3) is 0.538. The molecule has 0 saturated carbocycles. The summed E-state index contributed by atoms with van der Waals surface area (Å²) in [5, 5.41) is 13.5. The van der Waals surface area contributed by atoms with Gasteiger partial charge in [0, 0.05) is 0 Å². The van der Waals surface area contributed by atoms with Gasteiger partial charge in [-0.15, -0.1) is 0 Å². The largest absolute Gasteiger partial charge is 0.388 e. The minimum absolute atomic E-state index is 0.295. The zero-order valence-electron chi connectivity index (χ0n) is 9.24. The summed E-state index contributed by atoms with van der Waals surface area (Å²) in [6.45, 7) is 4.22. The van der Waals surface area contributed by atoms with Gasteiger partial charge in [-0.3, -0.25) is 0 Å². The van der Waals surface area contributed by atoms with Gasteiger partial charge in [-0.1, -0.05) is 24.3 Å². The maximum absolute atomic E-state index is 10.1. The molecule has 0 bridgehead atoms. The highest BCUT2D eigenvalue weighted by Gasteiger charge is 2.19. The number of aliphatic hydroxyl groups is 1. The standard InChI is InChI=1S/C13H19NO/c1-10-4-2-3-5-12(10)13(15)8-11-6-7-14-9-11/h2-5,11,13-15H,6-9H2,1H3. The highest BCUT2D eigenvalue weighted by Crippen LogP contribution is 2.26. The lowest BCUT2D eigenvalue weighted by molar-refractivity contribution is 0.147. The van der Waals surface area contributed by atoms with Crippen molar-refractivity contribution in [3.05, 3.63) is 35.4 Å². The Morgan fingerprint density at radius 2 is 2.27 bits per heavy atom. The Kier molecular flexibility index (Phi) is 3.39. The summed E-state index contributed by atoms with van der Waals surface area (Å²) in [4.78, 5) is 0. The van der Waals surface area contributed by atoms with E-state index in [0.717, 1.165) is 25.1 Å². The predicted octanol–water partition coefficient (Wildman–Crippen LogP) is 2.03. The molecule has 0 aliphatic carbocycles. The number of rotatable bonds is 3. The molecule has 15 heavy (non-hydrogen) atoms. The van der Waals surface area contributed by atoms with Gasteiger partial charge in [0.25, 0.3) is 0 Å². The molecule has 1 fully saturated rings. The zero-order valence-corrected chi connectivity index (χ0v) is 9.24. The lowest BCUT2D eigenvalue weighted by Gasteiger charge is -2.16. The van der Waals surface area contributed by atoms with Crippen LogP contribution in [0.15, 0.2) is 24.3 Å². The van der Waals surface area contributed by atoms with Crippen molar-refractivity contribution in [2.75, 3.05) is 13.1 Å². The molecule has 1 aliphatic rings. The molecule has 1 aliphatic heterocycles. The van der Waals surface area contributed by atoms with Crippen molar-refractivity contribution in [3.63, 3.8) is 0 Å². The Bertz CT molecular complexity index is 318. The van der Waals surface area contributed by atoms with Crippen LogP contribution < -0.4 is 5.32 Å². The smallest absolute Gasteiger partial charge is 0.0795 e. The zero-order chi connectivity index (χ0) is 10.7. The molecule has 1 heterocycles. The molecular weight excluding hydrogens is 186 g/mol. The summed E-state index contributed by atoms with van der Waals surface area (Å²) in [6, 6.07) is 8.11. The van der Waals surface area contributed by atoms with E-state index >= 15 is 0 Å². The van der Waals surface area contributed by atoms with Crippen molar-refractivity contribution in [2.45, 2.75) is 25.9 Å². The molecule has 1 saturated heterocycles. The summed E-state index contributed by atoms with van der Waals surface area (Å²) < 4.78 is 0. The van der Waals surface area contributed by atoms with Crippen molar-refractivity contribution in [1.29, 1.82) is 0 Å². The van der Waals surface area contributed by atoms with Gasteiger partial charge in [0.1, 0.15) is 0 Å². The number of aliphatic hydroxyl groups excluding tert-OH is 1. The van der Waals surface area contributed by atoms with Gasteiger partial charge in [0.05, 0.1) is 6.10 Å². The molecule has 2 nitrogen and oxygen atoms in total. The molecule has 0 spiro atoms. The SMILES string of the molecule is Cc1ccccc1C(O)CC1CCNC1. The average Bonchev–Trinajstić information content (AvgIpc) is 2.71. The molecular formula is C13H19NO. The number of hydrogen-bond acceptors (Lipinski definition) is 2. The van der Waals surface area contributed by atoms with E-state index in [1.807, 2.05) is 18.2 Å². The van der Waals surface area contributed by atoms with Crippen molar-refractivity contribution >= 4 is 0 Å². The normalized spacial score (nSPS) is 22.9. The van der Waals surface area contributed by atoms with Crippen molar-refractivity contribution in [2.24, 2.45) is 5.92 Å². The van der Waals surface area contributed by atoms with Gasteiger partial charge in [-0.25, -0.2) is 0 Å². The second-order valence-electron chi connectivity index (χ2n) is 4.47. The molecule has 2 atom stereocenters. The van der Waals surface area contributed by atoms with Gasteiger partial charge < -0.3 is 10.4 Å². The highest BCUT2D eigenvalue weighted by atomic mass is 16.3. The Morgan fingerprint density at radius 3 is 2.93 bits per heavy atom. The van der Waals surface area contributed by atoms with Crippen molar-refractivity contribution in [3.8, 4) is 0 Å². The van der Waals surface area contributed by atoms with E-state index in [4.69, 9.17) is 0 Å². The second kappa shape index (κ2) is 4.77. The quantitative estimate of drug-likeness (QED) is 0.791. The van der Waals surface area contributed by atoms with Crippen LogP contribution in [0.1, 0.15) is 30.1 Å². The molecule has 0 radical (unpaired) electrons. The van der Waals surface area contributed by atoms with E-state index < -0.39 is 0 Å². The average molecular weight is 205 g/mol. The van der Waals surface area contributed by atoms with Crippen molar-refractivity contribution in [1.82, 2.24) is 5.32 Å². The van der Waals surface area contributed by atoms with Gasteiger partial charge in [0.15, 0.2) is 0 Å².